The molecule has 0 bridgehead atoms. The monoisotopic (exact) mass is 239 g/mol. The third-order valence-electron chi connectivity index (χ3n) is 1.79. The second-order valence-electron chi connectivity index (χ2n) is 3.19. The topological polar surface area (TPSA) is 12.0 Å². The standard InChI is InChI=1S/C11H14BrN/c1-4-9(3)13-11-6-8(2)5-10(12)7-11/h4-7,9,13H,1H2,2-3H3. The summed E-state index contributed by atoms with van der Waals surface area (Å²) >= 11 is 3.46. The van der Waals surface area contributed by atoms with E-state index in [0.717, 1.165) is 10.2 Å². The fraction of sp³-hybridized carbons (Fsp3) is 0.273. The molecule has 0 aliphatic heterocycles. The molecule has 1 aromatic carbocycles. The summed E-state index contributed by atoms with van der Waals surface area (Å²) in [6, 6.07) is 6.57. The number of rotatable bonds is 3. The molecule has 0 aliphatic carbocycles. The maximum atomic E-state index is 3.73. The van der Waals surface area contributed by atoms with Crippen LogP contribution in [0.25, 0.3) is 0 Å². The number of hydrogen-bond acceptors (Lipinski definition) is 1. The van der Waals surface area contributed by atoms with Crippen molar-refractivity contribution in [3.63, 3.8) is 0 Å². The van der Waals surface area contributed by atoms with E-state index in [-0.39, 0.29) is 0 Å². The molecule has 0 heterocycles. The van der Waals surface area contributed by atoms with Crippen molar-refractivity contribution in [1.29, 1.82) is 0 Å². The van der Waals surface area contributed by atoms with Crippen molar-refractivity contribution in [2.75, 3.05) is 5.32 Å². The van der Waals surface area contributed by atoms with Gasteiger partial charge in [-0.1, -0.05) is 22.0 Å². The van der Waals surface area contributed by atoms with Crippen molar-refractivity contribution in [1.82, 2.24) is 0 Å². The zero-order valence-electron chi connectivity index (χ0n) is 7.97. The predicted octanol–water partition coefficient (Wildman–Crippen LogP) is 3.74. The van der Waals surface area contributed by atoms with Gasteiger partial charge in [0.2, 0.25) is 0 Å². The molecule has 0 radical (unpaired) electrons. The molecule has 1 atom stereocenters. The van der Waals surface area contributed by atoms with Gasteiger partial charge in [-0.15, -0.1) is 6.58 Å². The van der Waals surface area contributed by atoms with Crippen LogP contribution in [0.5, 0.6) is 0 Å². The number of halogens is 1. The molecule has 0 fully saturated rings. The van der Waals surface area contributed by atoms with Crippen LogP contribution < -0.4 is 5.32 Å². The zero-order valence-corrected chi connectivity index (χ0v) is 9.56. The highest BCUT2D eigenvalue weighted by atomic mass is 79.9. The third-order valence-corrected chi connectivity index (χ3v) is 2.25. The molecule has 1 nitrogen and oxygen atoms in total. The van der Waals surface area contributed by atoms with Gasteiger partial charge >= 0.3 is 0 Å². The average molecular weight is 240 g/mol. The molecule has 2 heteroatoms. The van der Waals surface area contributed by atoms with Gasteiger partial charge in [0.25, 0.3) is 0 Å². The van der Waals surface area contributed by atoms with Gasteiger partial charge in [0.1, 0.15) is 0 Å². The quantitative estimate of drug-likeness (QED) is 0.793. The van der Waals surface area contributed by atoms with Crippen molar-refractivity contribution in [3.8, 4) is 0 Å². The number of nitrogens with one attached hydrogen (secondary N) is 1. The van der Waals surface area contributed by atoms with E-state index in [1.54, 1.807) is 0 Å². The van der Waals surface area contributed by atoms with Crippen LogP contribution >= 0.6 is 15.9 Å². The Balaban J connectivity index is 2.82. The Bertz CT molecular complexity index is 287. The summed E-state index contributed by atoms with van der Waals surface area (Å²) in [5.74, 6) is 0. The molecule has 70 valence electrons. The molecule has 13 heavy (non-hydrogen) atoms. The first-order chi connectivity index (χ1) is 6.11. The molecule has 0 saturated carbocycles. The lowest BCUT2D eigenvalue weighted by atomic mass is 10.2. The molecule has 0 aromatic heterocycles. The molecule has 1 aromatic rings. The Morgan fingerprint density at radius 1 is 1.46 bits per heavy atom. The predicted molar refractivity (Wildman–Crippen MR) is 62.2 cm³/mol. The lowest BCUT2D eigenvalue weighted by Gasteiger charge is -2.11. The van der Waals surface area contributed by atoms with E-state index in [9.17, 15) is 0 Å². The van der Waals surface area contributed by atoms with Crippen LogP contribution in [0.4, 0.5) is 5.69 Å². The minimum absolute atomic E-state index is 0.300. The largest absolute Gasteiger partial charge is 0.379 e. The van der Waals surface area contributed by atoms with E-state index >= 15 is 0 Å². The normalized spacial score (nSPS) is 12.2. The Morgan fingerprint density at radius 2 is 2.15 bits per heavy atom. The maximum Gasteiger partial charge on any atom is 0.0413 e. The van der Waals surface area contributed by atoms with Crippen LogP contribution in [-0.4, -0.2) is 6.04 Å². The van der Waals surface area contributed by atoms with Crippen LogP contribution in [0.2, 0.25) is 0 Å². The van der Waals surface area contributed by atoms with E-state index in [1.165, 1.54) is 5.56 Å². The average Bonchev–Trinajstić information content (AvgIpc) is 2.02. The lowest BCUT2D eigenvalue weighted by Crippen LogP contribution is -2.11. The minimum Gasteiger partial charge on any atom is -0.379 e. The van der Waals surface area contributed by atoms with Gasteiger partial charge < -0.3 is 5.32 Å². The molecule has 1 N–H and O–H groups in total. The summed E-state index contributed by atoms with van der Waals surface area (Å²) in [5, 5.41) is 3.33. The smallest absolute Gasteiger partial charge is 0.0413 e. The van der Waals surface area contributed by atoms with Crippen LogP contribution in [-0.2, 0) is 0 Å². The molecule has 0 amide bonds. The highest BCUT2D eigenvalue weighted by Gasteiger charge is 1.98. The first-order valence-corrected chi connectivity index (χ1v) is 5.07. The molecule has 0 spiro atoms. The molecule has 0 aliphatic rings. The Hall–Kier alpha value is -0.760. The number of hydrogen-bond donors (Lipinski definition) is 1. The summed E-state index contributed by atoms with van der Waals surface area (Å²) in [6.45, 7) is 7.88. The first-order valence-electron chi connectivity index (χ1n) is 4.28. The van der Waals surface area contributed by atoms with Crippen LogP contribution in [0, 0.1) is 6.92 Å². The number of benzene rings is 1. The van der Waals surface area contributed by atoms with E-state index in [4.69, 9.17) is 0 Å². The SMILES string of the molecule is C=CC(C)Nc1cc(C)cc(Br)c1. The van der Waals surface area contributed by atoms with E-state index in [0.29, 0.717) is 6.04 Å². The molecule has 1 unspecified atom stereocenters. The summed E-state index contributed by atoms with van der Waals surface area (Å²) in [6.07, 6.45) is 1.89. The second kappa shape index (κ2) is 4.47. The van der Waals surface area contributed by atoms with Gasteiger partial charge in [-0.25, -0.2) is 0 Å². The van der Waals surface area contributed by atoms with Gasteiger partial charge in [-0.3, -0.25) is 0 Å². The van der Waals surface area contributed by atoms with Gasteiger partial charge in [0.05, 0.1) is 0 Å². The first kappa shape index (κ1) is 10.3. The van der Waals surface area contributed by atoms with Crippen molar-refractivity contribution < 1.29 is 0 Å². The number of aryl methyl sites for hydroxylation is 1. The van der Waals surface area contributed by atoms with Gasteiger partial charge in [0, 0.05) is 16.2 Å². The number of anilines is 1. The highest BCUT2D eigenvalue weighted by Crippen LogP contribution is 2.19. The van der Waals surface area contributed by atoms with E-state index < -0.39 is 0 Å². The molecular formula is C11H14BrN. The maximum absolute atomic E-state index is 3.73. The fourth-order valence-corrected chi connectivity index (χ4v) is 1.75. The van der Waals surface area contributed by atoms with E-state index in [1.807, 2.05) is 6.08 Å². The third kappa shape index (κ3) is 3.23. The van der Waals surface area contributed by atoms with Gasteiger partial charge in [-0.05, 0) is 37.6 Å². The summed E-state index contributed by atoms with van der Waals surface area (Å²) in [4.78, 5) is 0. The van der Waals surface area contributed by atoms with Crippen LogP contribution in [0.1, 0.15) is 12.5 Å². The van der Waals surface area contributed by atoms with Gasteiger partial charge in [-0.2, -0.15) is 0 Å². The summed E-state index contributed by atoms with van der Waals surface area (Å²) < 4.78 is 1.10. The minimum atomic E-state index is 0.300. The second-order valence-corrected chi connectivity index (χ2v) is 4.10. The van der Waals surface area contributed by atoms with Crippen molar-refractivity contribution in [3.05, 3.63) is 40.9 Å². The highest BCUT2D eigenvalue weighted by molar-refractivity contribution is 9.10. The summed E-state index contributed by atoms with van der Waals surface area (Å²) in [7, 11) is 0. The van der Waals surface area contributed by atoms with Crippen molar-refractivity contribution in [2.45, 2.75) is 19.9 Å². The summed E-state index contributed by atoms with van der Waals surface area (Å²) in [5.41, 5.74) is 2.37. The van der Waals surface area contributed by atoms with Crippen LogP contribution in [0.3, 0.4) is 0 Å². The zero-order chi connectivity index (χ0) is 9.84. The Morgan fingerprint density at radius 3 is 2.69 bits per heavy atom. The van der Waals surface area contributed by atoms with Crippen LogP contribution in [0.15, 0.2) is 35.3 Å². The Kier molecular flexibility index (Phi) is 3.55. The lowest BCUT2D eigenvalue weighted by molar-refractivity contribution is 1.00. The van der Waals surface area contributed by atoms with E-state index in [2.05, 4.69) is 59.9 Å². The van der Waals surface area contributed by atoms with Gasteiger partial charge in [0.15, 0.2) is 0 Å². The molecule has 0 saturated heterocycles. The molecule has 1 rings (SSSR count). The van der Waals surface area contributed by atoms with Crippen molar-refractivity contribution in [2.24, 2.45) is 0 Å². The Labute approximate surface area is 88.0 Å². The molecular weight excluding hydrogens is 226 g/mol. The van der Waals surface area contributed by atoms with Crippen molar-refractivity contribution >= 4 is 21.6 Å². The fourth-order valence-electron chi connectivity index (χ4n) is 1.14.